The van der Waals surface area contributed by atoms with E-state index in [1.807, 2.05) is 24.3 Å². The number of aryl methyl sites for hydroxylation is 1. The largest absolute Gasteiger partial charge is 0.461 e. The molecule has 0 aromatic heterocycles. The molecule has 6 nitrogen and oxygen atoms in total. The number of carbonyl (C=O) groups is 2. The fourth-order valence-corrected chi connectivity index (χ4v) is 4.05. The molecule has 0 aliphatic heterocycles. The molecule has 1 atom stereocenters. The maximum absolute atomic E-state index is 11.9. The van der Waals surface area contributed by atoms with Crippen LogP contribution in [0.5, 0.6) is 11.5 Å². The Hall–Kier alpha value is -2.34. The zero-order valence-electron chi connectivity index (χ0n) is 23.8. The summed E-state index contributed by atoms with van der Waals surface area (Å²) < 4.78 is 11.3. The van der Waals surface area contributed by atoms with Gasteiger partial charge < -0.3 is 19.5 Å². The lowest BCUT2D eigenvalue weighted by Gasteiger charge is -2.12. The van der Waals surface area contributed by atoms with Gasteiger partial charge in [0, 0.05) is 26.9 Å². The van der Waals surface area contributed by atoms with E-state index in [2.05, 4.69) is 6.92 Å². The van der Waals surface area contributed by atoms with E-state index in [-0.39, 0.29) is 24.4 Å². The van der Waals surface area contributed by atoms with E-state index < -0.39 is 0 Å². The minimum absolute atomic E-state index is 0.137. The van der Waals surface area contributed by atoms with Crippen LogP contribution in [0.25, 0.3) is 0 Å². The molecule has 0 fully saturated rings. The lowest BCUT2D eigenvalue weighted by atomic mass is 10.0. The molecule has 210 valence electrons. The van der Waals surface area contributed by atoms with E-state index in [9.17, 15) is 14.7 Å². The zero-order chi connectivity index (χ0) is 27.3. The SMILES string of the molecule is CCCCCCCCC(O)CCCCC=COc1ccc(CCCCC(=O)N(C)C)cc1OC(=O)CC. The van der Waals surface area contributed by atoms with Crippen LogP contribution < -0.4 is 9.47 Å². The highest BCUT2D eigenvalue weighted by atomic mass is 16.6. The first-order chi connectivity index (χ1) is 17.9. The molecular weight excluding hydrogens is 466 g/mol. The summed E-state index contributed by atoms with van der Waals surface area (Å²) in [6.45, 7) is 3.99. The van der Waals surface area contributed by atoms with Gasteiger partial charge in [0.25, 0.3) is 0 Å². The van der Waals surface area contributed by atoms with E-state index >= 15 is 0 Å². The summed E-state index contributed by atoms with van der Waals surface area (Å²) in [5, 5.41) is 10.2. The van der Waals surface area contributed by atoms with Crippen LogP contribution in [0.2, 0.25) is 0 Å². The third-order valence-electron chi connectivity index (χ3n) is 6.47. The van der Waals surface area contributed by atoms with Gasteiger partial charge in [-0.2, -0.15) is 0 Å². The number of benzene rings is 1. The first-order valence-corrected chi connectivity index (χ1v) is 14.4. The van der Waals surface area contributed by atoms with Crippen LogP contribution in [-0.2, 0) is 16.0 Å². The van der Waals surface area contributed by atoms with Crippen LogP contribution in [0.15, 0.2) is 30.5 Å². The molecule has 1 aromatic carbocycles. The number of hydrogen-bond donors (Lipinski definition) is 1. The van der Waals surface area contributed by atoms with Crippen LogP contribution in [0.3, 0.4) is 0 Å². The van der Waals surface area contributed by atoms with Gasteiger partial charge in [0.05, 0.1) is 12.4 Å². The molecule has 0 aliphatic rings. The van der Waals surface area contributed by atoms with Gasteiger partial charge >= 0.3 is 5.97 Å². The van der Waals surface area contributed by atoms with Gasteiger partial charge in [-0.15, -0.1) is 0 Å². The summed E-state index contributed by atoms with van der Waals surface area (Å²) in [7, 11) is 3.54. The van der Waals surface area contributed by atoms with Crippen LogP contribution in [0.4, 0.5) is 0 Å². The van der Waals surface area contributed by atoms with Gasteiger partial charge in [0.1, 0.15) is 0 Å². The quantitative estimate of drug-likeness (QED) is 0.0797. The maximum Gasteiger partial charge on any atom is 0.311 e. The minimum atomic E-state index is -0.304. The molecule has 0 saturated heterocycles. The number of allylic oxidation sites excluding steroid dienone is 1. The second-order valence-corrected chi connectivity index (χ2v) is 10.1. The molecule has 0 saturated carbocycles. The number of unbranched alkanes of at least 4 members (excludes halogenated alkanes) is 8. The third-order valence-corrected chi connectivity index (χ3v) is 6.47. The first-order valence-electron chi connectivity index (χ1n) is 14.4. The molecule has 1 rings (SSSR count). The molecule has 37 heavy (non-hydrogen) atoms. The van der Waals surface area contributed by atoms with Crippen molar-refractivity contribution in [1.29, 1.82) is 0 Å². The summed E-state index contributed by atoms with van der Waals surface area (Å²) >= 11 is 0. The highest BCUT2D eigenvalue weighted by Gasteiger charge is 2.11. The second kappa shape index (κ2) is 20.7. The molecule has 0 spiro atoms. The molecule has 1 amide bonds. The van der Waals surface area contributed by atoms with Crippen molar-refractivity contribution >= 4 is 11.9 Å². The third kappa shape index (κ3) is 16.2. The second-order valence-electron chi connectivity index (χ2n) is 10.1. The lowest BCUT2D eigenvalue weighted by molar-refractivity contribution is -0.134. The Morgan fingerprint density at radius 1 is 0.919 bits per heavy atom. The number of aliphatic hydroxyl groups excluding tert-OH is 1. The van der Waals surface area contributed by atoms with E-state index in [1.165, 1.54) is 32.1 Å². The summed E-state index contributed by atoms with van der Waals surface area (Å²) in [6, 6.07) is 5.67. The van der Waals surface area contributed by atoms with Crippen molar-refractivity contribution in [2.24, 2.45) is 0 Å². The first kappa shape index (κ1) is 32.7. The van der Waals surface area contributed by atoms with E-state index in [0.29, 0.717) is 17.9 Å². The Morgan fingerprint density at radius 2 is 1.62 bits per heavy atom. The van der Waals surface area contributed by atoms with Gasteiger partial charge in [0.15, 0.2) is 11.5 Å². The highest BCUT2D eigenvalue weighted by molar-refractivity contribution is 5.75. The number of carbonyl (C=O) groups excluding carboxylic acids is 2. The molecule has 0 bridgehead atoms. The van der Waals surface area contributed by atoms with Crippen molar-refractivity contribution < 1.29 is 24.2 Å². The van der Waals surface area contributed by atoms with Gasteiger partial charge in [0.2, 0.25) is 5.91 Å². The van der Waals surface area contributed by atoms with E-state index in [4.69, 9.17) is 9.47 Å². The zero-order valence-corrected chi connectivity index (χ0v) is 23.8. The summed E-state index contributed by atoms with van der Waals surface area (Å²) in [4.78, 5) is 25.3. The van der Waals surface area contributed by atoms with Crippen molar-refractivity contribution in [1.82, 2.24) is 4.90 Å². The Bertz CT molecular complexity index is 790. The number of nitrogens with zero attached hydrogens (tertiary/aromatic N) is 1. The van der Waals surface area contributed by atoms with Gasteiger partial charge in [-0.1, -0.05) is 64.9 Å². The van der Waals surface area contributed by atoms with Crippen LogP contribution in [0.1, 0.15) is 116 Å². The Morgan fingerprint density at radius 3 is 2.32 bits per heavy atom. The van der Waals surface area contributed by atoms with Crippen molar-refractivity contribution in [3.05, 3.63) is 36.1 Å². The van der Waals surface area contributed by atoms with E-state index in [1.54, 1.807) is 32.2 Å². The number of hydrogen-bond acceptors (Lipinski definition) is 5. The molecule has 0 radical (unpaired) electrons. The van der Waals surface area contributed by atoms with Gasteiger partial charge in [-0.3, -0.25) is 9.59 Å². The minimum Gasteiger partial charge on any atom is -0.461 e. The predicted molar refractivity (Wildman–Crippen MR) is 151 cm³/mol. The normalized spacial score (nSPS) is 12.0. The molecule has 1 aromatic rings. The summed E-state index contributed by atoms with van der Waals surface area (Å²) in [5.74, 6) is 0.773. The van der Waals surface area contributed by atoms with Gasteiger partial charge in [-0.05, 0) is 68.7 Å². The topological polar surface area (TPSA) is 76.1 Å². The molecule has 1 N–H and O–H groups in total. The monoisotopic (exact) mass is 517 g/mol. The number of ether oxygens (including phenoxy) is 2. The molecule has 0 aliphatic carbocycles. The van der Waals surface area contributed by atoms with Crippen LogP contribution >= 0.6 is 0 Å². The van der Waals surface area contributed by atoms with Crippen molar-refractivity contribution in [2.45, 2.75) is 123 Å². The Labute approximate surface area is 225 Å². The lowest BCUT2D eigenvalue weighted by Crippen LogP contribution is -2.21. The van der Waals surface area contributed by atoms with Crippen molar-refractivity contribution in [3.63, 3.8) is 0 Å². The van der Waals surface area contributed by atoms with Crippen molar-refractivity contribution in [2.75, 3.05) is 14.1 Å². The smallest absolute Gasteiger partial charge is 0.311 e. The van der Waals surface area contributed by atoms with Crippen molar-refractivity contribution in [3.8, 4) is 11.5 Å². The fourth-order valence-electron chi connectivity index (χ4n) is 4.05. The van der Waals surface area contributed by atoms with Crippen LogP contribution in [-0.4, -0.2) is 42.1 Å². The highest BCUT2D eigenvalue weighted by Crippen LogP contribution is 2.30. The average molecular weight is 518 g/mol. The summed E-state index contributed by atoms with van der Waals surface area (Å²) in [6.07, 6.45) is 18.9. The van der Waals surface area contributed by atoms with Crippen LogP contribution in [0, 0.1) is 0 Å². The number of aliphatic hydroxyl groups is 1. The number of rotatable bonds is 21. The molecule has 0 heterocycles. The predicted octanol–water partition coefficient (Wildman–Crippen LogP) is 7.37. The standard InChI is InChI=1S/C31H51NO5/c1-5-7-8-9-10-13-19-27(33)20-14-11-12-17-24-36-28-23-22-26(25-29(28)37-31(35)6-2)18-15-16-21-30(34)32(3)4/h17,22-25,27,33H,5-16,18-21H2,1-4H3. The average Bonchev–Trinajstić information content (AvgIpc) is 2.88. The Kier molecular flexibility index (Phi) is 18.3. The van der Waals surface area contributed by atoms with E-state index in [0.717, 1.165) is 63.4 Å². The van der Waals surface area contributed by atoms with Gasteiger partial charge in [-0.25, -0.2) is 0 Å². The molecule has 6 heteroatoms. The summed E-state index contributed by atoms with van der Waals surface area (Å²) in [5.41, 5.74) is 1.05. The molecular formula is C31H51NO5. The molecule has 1 unspecified atom stereocenters. The number of amides is 1. The maximum atomic E-state index is 11.9. The fraction of sp³-hybridized carbons (Fsp3) is 0.677. The Balaban J connectivity index is 2.39. The number of esters is 1.